The van der Waals surface area contributed by atoms with Crippen molar-refractivity contribution in [2.45, 2.75) is 6.54 Å². The Bertz CT molecular complexity index is 617. The fourth-order valence-corrected chi connectivity index (χ4v) is 1.46. The van der Waals surface area contributed by atoms with Crippen molar-refractivity contribution in [3.05, 3.63) is 35.5 Å². The maximum absolute atomic E-state index is 13.4. The van der Waals surface area contributed by atoms with Gasteiger partial charge in [-0.15, -0.1) is 0 Å². The normalized spacial score (nSPS) is 10.0. The summed E-state index contributed by atoms with van der Waals surface area (Å²) in [7, 11) is 3.59. The maximum atomic E-state index is 13.4. The fourth-order valence-electron chi connectivity index (χ4n) is 1.46. The lowest BCUT2D eigenvalue weighted by Gasteiger charge is -2.06. The van der Waals surface area contributed by atoms with E-state index in [2.05, 4.69) is 15.5 Å². The number of hydrogen-bond donors (Lipinski definition) is 1. The second-order valence-corrected chi connectivity index (χ2v) is 4.01. The minimum absolute atomic E-state index is 0.0325. The van der Waals surface area contributed by atoms with E-state index in [1.165, 1.54) is 12.1 Å². The lowest BCUT2D eigenvalue weighted by molar-refractivity contribution is 0.383. The van der Waals surface area contributed by atoms with Crippen molar-refractivity contribution in [2.75, 3.05) is 24.3 Å². The van der Waals surface area contributed by atoms with Crippen molar-refractivity contribution in [2.24, 2.45) is 0 Å². The maximum Gasteiger partial charge on any atom is 0.265 e. The van der Waals surface area contributed by atoms with Gasteiger partial charge in [-0.2, -0.15) is 10.2 Å². The summed E-state index contributed by atoms with van der Waals surface area (Å²) in [5.41, 5.74) is 0.363. The Morgan fingerprint density at radius 2 is 2.26 bits per heavy atom. The summed E-state index contributed by atoms with van der Waals surface area (Å²) in [6.07, 6.45) is 0. The first kappa shape index (κ1) is 12.8. The highest BCUT2D eigenvalue weighted by atomic mass is 19.1. The number of hydrogen-bond acceptors (Lipinski definition) is 6. The van der Waals surface area contributed by atoms with Crippen LogP contribution in [0.3, 0.4) is 0 Å². The molecular weight excluding hydrogens is 249 g/mol. The van der Waals surface area contributed by atoms with Crippen LogP contribution in [0.15, 0.2) is 22.7 Å². The Labute approximate surface area is 109 Å². The first-order chi connectivity index (χ1) is 9.11. The van der Waals surface area contributed by atoms with Gasteiger partial charge in [0.25, 0.3) is 5.95 Å². The minimum Gasteiger partial charge on any atom is -0.375 e. The SMILES string of the molecule is CN(C)c1noc(CNc2cccc(F)c2C#N)n1. The summed E-state index contributed by atoms with van der Waals surface area (Å²) in [6.45, 7) is 0.221. The van der Waals surface area contributed by atoms with Gasteiger partial charge in [-0.05, 0) is 17.3 Å². The van der Waals surface area contributed by atoms with Crippen molar-refractivity contribution in [1.29, 1.82) is 5.26 Å². The highest BCUT2D eigenvalue weighted by molar-refractivity contribution is 5.57. The molecule has 0 aliphatic carbocycles. The molecule has 0 aliphatic rings. The van der Waals surface area contributed by atoms with E-state index in [-0.39, 0.29) is 12.1 Å². The van der Waals surface area contributed by atoms with Gasteiger partial charge >= 0.3 is 0 Å². The van der Waals surface area contributed by atoms with E-state index in [1.807, 2.05) is 6.07 Å². The lowest BCUT2D eigenvalue weighted by atomic mass is 10.2. The smallest absolute Gasteiger partial charge is 0.265 e. The highest BCUT2D eigenvalue weighted by Crippen LogP contribution is 2.18. The van der Waals surface area contributed by atoms with Gasteiger partial charge < -0.3 is 14.7 Å². The molecule has 0 atom stereocenters. The molecule has 0 saturated heterocycles. The Kier molecular flexibility index (Phi) is 3.61. The molecule has 0 bridgehead atoms. The first-order valence-electron chi connectivity index (χ1n) is 5.54. The van der Waals surface area contributed by atoms with Crippen LogP contribution < -0.4 is 10.2 Å². The number of anilines is 2. The Morgan fingerprint density at radius 3 is 2.89 bits per heavy atom. The van der Waals surface area contributed by atoms with Crippen LogP contribution in [-0.4, -0.2) is 24.2 Å². The Hall–Kier alpha value is -2.62. The predicted molar refractivity (Wildman–Crippen MR) is 67.1 cm³/mol. The topological polar surface area (TPSA) is 78.0 Å². The molecule has 98 valence electrons. The zero-order valence-corrected chi connectivity index (χ0v) is 10.5. The first-order valence-corrected chi connectivity index (χ1v) is 5.54. The highest BCUT2D eigenvalue weighted by Gasteiger charge is 2.10. The van der Waals surface area contributed by atoms with E-state index >= 15 is 0 Å². The average Bonchev–Trinajstić information content (AvgIpc) is 2.85. The number of nitrogens with one attached hydrogen (secondary N) is 1. The summed E-state index contributed by atoms with van der Waals surface area (Å²) in [6, 6.07) is 6.19. The van der Waals surface area contributed by atoms with Gasteiger partial charge in [0.15, 0.2) is 0 Å². The van der Waals surface area contributed by atoms with Crippen LogP contribution in [-0.2, 0) is 6.54 Å². The van der Waals surface area contributed by atoms with Gasteiger partial charge in [0, 0.05) is 14.1 Å². The zero-order valence-electron chi connectivity index (χ0n) is 10.5. The van der Waals surface area contributed by atoms with Crippen molar-refractivity contribution in [3.8, 4) is 6.07 Å². The average molecular weight is 261 g/mol. The quantitative estimate of drug-likeness (QED) is 0.903. The molecule has 0 saturated carbocycles. The van der Waals surface area contributed by atoms with Crippen molar-refractivity contribution < 1.29 is 8.91 Å². The molecule has 0 spiro atoms. The number of rotatable bonds is 4. The summed E-state index contributed by atoms with van der Waals surface area (Å²) in [5.74, 6) is 0.250. The van der Waals surface area contributed by atoms with Crippen LogP contribution in [0.5, 0.6) is 0 Å². The minimum atomic E-state index is -0.563. The molecule has 1 aromatic heterocycles. The summed E-state index contributed by atoms with van der Waals surface area (Å²) >= 11 is 0. The Morgan fingerprint density at radius 1 is 1.47 bits per heavy atom. The van der Waals surface area contributed by atoms with E-state index in [0.717, 1.165) is 0 Å². The third-order valence-electron chi connectivity index (χ3n) is 2.41. The summed E-state index contributed by atoms with van der Waals surface area (Å²) in [4.78, 5) is 5.82. The largest absolute Gasteiger partial charge is 0.375 e. The van der Waals surface area contributed by atoms with Crippen LogP contribution in [0, 0.1) is 17.1 Å². The molecule has 1 aromatic carbocycles. The summed E-state index contributed by atoms with van der Waals surface area (Å²) in [5, 5.41) is 15.5. The molecular formula is C12H12FN5O. The van der Waals surface area contributed by atoms with Crippen molar-refractivity contribution in [1.82, 2.24) is 10.1 Å². The third kappa shape index (κ3) is 2.80. The Balaban J connectivity index is 2.10. The van der Waals surface area contributed by atoms with E-state index in [4.69, 9.17) is 9.78 Å². The molecule has 2 rings (SSSR count). The van der Waals surface area contributed by atoms with Gasteiger partial charge in [-0.1, -0.05) is 6.07 Å². The molecule has 6 nitrogen and oxygen atoms in total. The van der Waals surface area contributed by atoms with E-state index < -0.39 is 5.82 Å². The van der Waals surface area contributed by atoms with Gasteiger partial charge in [0.1, 0.15) is 17.4 Å². The molecule has 0 aliphatic heterocycles. The summed E-state index contributed by atoms with van der Waals surface area (Å²) < 4.78 is 18.4. The lowest BCUT2D eigenvalue weighted by Crippen LogP contribution is -2.10. The molecule has 1 heterocycles. The molecule has 0 radical (unpaired) electrons. The van der Waals surface area contributed by atoms with Gasteiger partial charge in [0.2, 0.25) is 5.89 Å². The number of nitriles is 1. The number of benzene rings is 1. The standard InChI is InChI=1S/C12H12FN5O/c1-18(2)12-16-11(19-17-12)7-15-10-5-3-4-9(13)8(10)6-14/h3-5,15H,7H2,1-2H3. The van der Waals surface area contributed by atoms with Crippen LogP contribution in [0.1, 0.15) is 11.5 Å². The van der Waals surface area contributed by atoms with Gasteiger partial charge in [-0.25, -0.2) is 4.39 Å². The number of halogens is 1. The molecule has 2 aromatic rings. The van der Waals surface area contributed by atoms with Crippen molar-refractivity contribution >= 4 is 11.6 Å². The fraction of sp³-hybridized carbons (Fsp3) is 0.250. The van der Waals surface area contributed by atoms with Crippen LogP contribution >= 0.6 is 0 Å². The van der Waals surface area contributed by atoms with Crippen molar-refractivity contribution in [3.63, 3.8) is 0 Å². The monoisotopic (exact) mass is 261 g/mol. The molecule has 0 fully saturated rings. The third-order valence-corrected chi connectivity index (χ3v) is 2.41. The predicted octanol–water partition coefficient (Wildman–Crippen LogP) is 1.76. The van der Waals surface area contributed by atoms with Gasteiger partial charge in [0.05, 0.1) is 12.2 Å². The molecule has 0 amide bonds. The second-order valence-electron chi connectivity index (χ2n) is 4.01. The molecule has 19 heavy (non-hydrogen) atoms. The van der Waals surface area contributed by atoms with E-state index in [0.29, 0.717) is 17.5 Å². The van der Waals surface area contributed by atoms with E-state index in [1.54, 1.807) is 25.1 Å². The van der Waals surface area contributed by atoms with E-state index in [9.17, 15) is 4.39 Å². The zero-order chi connectivity index (χ0) is 13.8. The second kappa shape index (κ2) is 5.35. The molecule has 1 N–H and O–H groups in total. The van der Waals surface area contributed by atoms with Crippen LogP contribution in [0.25, 0.3) is 0 Å². The number of nitrogens with zero attached hydrogens (tertiary/aromatic N) is 4. The van der Waals surface area contributed by atoms with Crippen LogP contribution in [0.2, 0.25) is 0 Å². The van der Waals surface area contributed by atoms with Gasteiger partial charge in [-0.3, -0.25) is 0 Å². The molecule has 0 unspecified atom stereocenters. The molecule has 7 heteroatoms. The van der Waals surface area contributed by atoms with Crippen LogP contribution in [0.4, 0.5) is 16.0 Å². The number of aromatic nitrogens is 2.